The molecule has 0 spiro atoms. The van der Waals surface area contributed by atoms with Gasteiger partial charge in [0.15, 0.2) is 9.84 Å². The Morgan fingerprint density at radius 3 is 2.49 bits per heavy atom. The minimum Gasteiger partial charge on any atom is -0.394 e. The van der Waals surface area contributed by atoms with Crippen molar-refractivity contribution >= 4 is 15.7 Å². The number of rotatable bonds is 9. The molecule has 1 amide bonds. The predicted molar refractivity (Wildman–Crippen MR) is 145 cm³/mol. The molecule has 2 atom stereocenters. The van der Waals surface area contributed by atoms with Crippen LogP contribution in [0.5, 0.6) is 0 Å². The number of pyridine rings is 1. The van der Waals surface area contributed by atoms with Crippen LogP contribution in [0, 0.1) is 17.8 Å². The van der Waals surface area contributed by atoms with Crippen LogP contribution in [-0.2, 0) is 16.4 Å². The summed E-state index contributed by atoms with van der Waals surface area (Å²) in [4.78, 5) is 20.1. The molecule has 37 heavy (non-hydrogen) atoms. The van der Waals surface area contributed by atoms with E-state index in [2.05, 4.69) is 42.0 Å². The molecule has 1 aromatic heterocycles. The SMILES string of the molecule is CCS(=O)(=O)c1ccc([C@@H](CO)NC(=O)c2ccc3c(c2)CN(CC2CCC(C)CC2)[C@@H]3C(C)C)nc1. The second-order valence-corrected chi connectivity index (χ2v) is 13.5. The Bertz CT molecular complexity index is 1190. The molecule has 7 nitrogen and oxygen atoms in total. The Hall–Kier alpha value is -2.29. The Morgan fingerprint density at radius 1 is 1.16 bits per heavy atom. The van der Waals surface area contributed by atoms with Crippen molar-refractivity contribution in [1.82, 2.24) is 15.2 Å². The van der Waals surface area contributed by atoms with E-state index >= 15 is 0 Å². The predicted octanol–water partition coefficient (Wildman–Crippen LogP) is 4.68. The van der Waals surface area contributed by atoms with Crippen molar-refractivity contribution in [2.75, 3.05) is 18.9 Å². The van der Waals surface area contributed by atoms with Crippen molar-refractivity contribution in [2.24, 2.45) is 17.8 Å². The second-order valence-electron chi connectivity index (χ2n) is 11.2. The van der Waals surface area contributed by atoms with E-state index < -0.39 is 15.9 Å². The van der Waals surface area contributed by atoms with Gasteiger partial charge < -0.3 is 10.4 Å². The summed E-state index contributed by atoms with van der Waals surface area (Å²) in [5.41, 5.74) is 3.48. The number of nitrogens with zero attached hydrogens (tertiary/aromatic N) is 2. The first kappa shape index (κ1) is 27.7. The van der Waals surface area contributed by atoms with Gasteiger partial charge in [0.2, 0.25) is 0 Å². The van der Waals surface area contributed by atoms with Gasteiger partial charge >= 0.3 is 0 Å². The summed E-state index contributed by atoms with van der Waals surface area (Å²) in [6, 6.07) is 8.60. The summed E-state index contributed by atoms with van der Waals surface area (Å²) in [6.45, 7) is 10.1. The normalized spacial score (nSPS) is 23.1. The molecule has 8 heteroatoms. The zero-order valence-corrected chi connectivity index (χ0v) is 23.3. The number of hydrogen-bond donors (Lipinski definition) is 2. The molecule has 1 aromatic carbocycles. The summed E-state index contributed by atoms with van der Waals surface area (Å²) in [5, 5.41) is 12.8. The highest BCUT2D eigenvalue weighted by Crippen LogP contribution is 2.41. The lowest BCUT2D eigenvalue weighted by Gasteiger charge is -2.34. The van der Waals surface area contributed by atoms with Gasteiger partial charge in [-0.2, -0.15) is 0 Å². The van der Waals surface area contributed by atoms with Crippen LogP contribution < -0.4 is 5.32 Å². The largest absolute Gasteiger partial charge is 0.394 e. The lowest BCUT2D eigenvalue weighted by atomic mass is 9.82. The molecule has 1 aliphatic carbocycles. The topological polar surface area (TPSA) is 99.6 Å². The molecule has 2 aromatic rings. The summed E-state index contributed by atoms with van der Waals surface area (Å²) >= 11 is 0. The molecular formula is C29H41N3O4S. The summed E-state index contributed by atoms with van der Waals surface area (Å²) < 4.78 is 24.1. The molecule has 0 saturated heterocycles. The number of fused-ring (bicyclic) bond motifs is 1. The van der Waals surface area contributed by atoms with Crippen LogP contribution in [-0.4, -0.2) is 48.2 Å². The standard InChI is InChI=1S/C29H41N3O4S/c1-5-37(35,36)24-11-13-26(30-15-24)27(18-33)31-29(34)22-10-12-25-23(14-22)17-32(28(25)19(2)3)16-21-8-6-20(4)7-9-21/h10-15,19-21,27-28,33H,5-9,16-18H2,1-4H3,(H,31,34)/t20?,21?,27-,28-/m1/s1. The molecule has 0 bridgehead atoms. The third-order valence-corrected chi connectivity index (χ3v) is 9.81. The van der Waals surface area contributed by atoms with Gasteiger partial charge in [-0.3, -0.25) is 14.7 Å². The molecule has 0 radical (unpaired) electrons. The average molecular weight is 528 g/mol. The third kappa shape index (κ3) is 6.24. The molecule has 4 rings (SSSR count). The maximum absolute atomic E-state index is 13.1. The molecule has 202 valence electrons. The zero-order chi connectivity index (χ0) is 26.7. The van der Waals surface area contributed by atoms with Crippen LogP contribution in [0.2, 0.25) is 0 Å². The number of aliphatic hydroxyl groups is 1. The summed E-state index contributed by atoms with van der Waals surface area (Å²) in [7, 11) is -3.36. The number of aromatic nitrogens is 1. The minimum absolute atomic E-state index is 0.0124. The van der Waals surface area contributed by atoms with Gasteiger partial charge in [0.25, 0.3) is 5.91 Å². The first-order valence-corrected chi connectivity index (χ1v) is 15.3. The van der Waals surface area contributed by atoms with Gasteiger partial charge in [-0.1, -0.05) is 46.6 Å². The van der Waals surface area contributed by atoms with Crippen molar-refractivity contribution in [3.05, 3.63) is 58.9 Å². The van der Waals surface area contributed by atoms with E-state index in [-0.39, 0.29) is 23.2 Å². The number of amides is 1. The van der Waals surface area contributed by atoms with Crippen LogP contribution in [0.15, 0.2) is 41.4 Å². The number of aliphatic hydroxyl groups excluding tert-OH is 1. The first-order valence-electron chi connectivity index (χ1n) is 13.6. The smallest absolute Gasteiger partial charge is 0.251 e. The molecule has 2 aliphatic rings. The highest BCUT2D eigenvalue weighted by molar-refractivity contribution is 7.91. The highest BCUT2D eigenvalue weighted by atomic mass is 32.2. The highest BCUT2D eigenvalue weighted by Gasteiger charge is 2.34. The van der Waals surface area contributed by atoms with Crippen LogP contribution >= 0.6 is 0 Å². The van der Waals surface area contributed by atoms with E-state index in [0.717, 1.165) is 24.9 Å². The lowest BCUT2D eigenvalue weighted by molar-refractivity contribution is 0.0914. The monoisotopic (exact) mass is 527 g/mol. The molecule has 2 N–H and O–H groups in total. The quantitative estimate of drug-likeness (QED) is 0.491. The maximum atomic E-state index is 13.1. The fourth-order valence-electron chi connectivity index (χ4n) is 5.89. The lowest BCUT2D eigenvalue weighted by Crippen LogP contribution is -2.32. The van der Waals surface area contributed by atoms with E-state index in [1.807, 2.05) is 12.1 Å². The van der Waals surface area contributed by atoms with E-state index in [4.69, 9.17) is 0 Å². The van der Waals surface area contributed by atoms with Crippen molar-refractivity contribution in [2.45, 2.75) is 76.9 Å². The van der Waals surface area contributed by atoms with Gasteiger partial charge in [0, 0.05) is 30.9 Å². The molecule has 1 fully saturated rings. The second kappa shape index (κ2) is 11.6. The van der Waals surface area contributed by atoms with Gasteiger partial charge in [-0.15, -0.1) is 0 Å². The summed E-state index contributed by atoms with van der Waals surface area (Å²) in [6.07, 6.45) is 6.52. The van der Waals surface area contributed by atoms with Crippen molar-refractivity contribution < 1.29 is 18.3 Å². The van der Waals surface area contributed by atoms with Crippen LogP contribution in [0.25, 0.3) is 0 Å². The Morgan fingerprint density at radius 2 is 1.89 bits per heavy atom. The van der Waals surface area contributed by atoms with Crippen molar-refractivity contribution in [3.63, 3.8) is 0 Å². The molecule has 1 aliphatic heterocycles. The van der Waals surface area contributed by atoms with Gasteiger partial charge in [0.1, 0.15) is 0 Å². The molecular weight excluding hydrogens is 486 g/mol. The van der Waals surface area contributed by atoms with E-state index in [1.54, 1.807) is 13.0 Å². The van der Waals surface area contributed by atoms with Gasteiger partial charge in [-0.25, -0.2) is 8.42 Å². The van der Waals surface area contributed by atoms with Crippen LogP contribution in [0.3, 0.4) is 0 Å². The maximum Gasteiger partial charge on any atom is 0.251 e. The fraction of sp³-hybridized carbons (Fsp3) is 0.586. The van der Waals surface area contributed by atoms with Crippen LogP contribution in [0.1, 0.15) is 92.6 Å². The van der Waals surface area contributed by atoms with Crippen molar-refractivity contribution in [3.8, 4) is 0 Å². The zero-order valence-electron chi connectivity index (χ0n) is 22.5. The number of nitrogens with one attached hydrogen (secondary N) is 1. The van der Waals surface area contributed by atoms with Crippen LogP contribution in [0.4, 0.5) is 0 Å². The van der Waals surface area contributed by atoms with E-state index in [1.165, 1.54) is 49.1 Å². The minimum atomic E-state index is -3.36. The van der Waals surface area contributed by atoms with E-state index in [0.29, 0.717) is 23.2 Å². The van der Waals surface area contributed by atoms with Gasteiger partial charge in [0.05, 0.1) is 29.0 Å². The molecule has 1 saturated carbocycles. The number of carbonyl (C=O) groups is 1. The third-order valence-electron chi connectivity index (χ3n) is 8.09. The van der Waals surface area contributed by atoms with Crippen molar-refractivity contribution in [1.29, 1.82) is 0 Å². The Kier molecular flexibility index (Phi) is 8.71. The average Bonchev–Trinajstić information content (AvgIpc) is 3.25. The first-order chi connectivity index (χ1) is 17.6. The van der Waals surface area contributed by atoms with E-state index in [9.17, 15) is 18.3 Å². The Balaban J connectivity index is 1.47. The number of sulfone groups is 1. The number of hydrogen-bond acceptors (Lipinski definition) is 6. The molecule has 2 heterocycles. The number of carbonyl (C=O) groups excluding carboxylic acids is 1. The molecule has 0 unspecified atom stereocenters. The summed E-state index contributed by atoms with van der Waals surface area (Å²) in [5.74, 6) is 1.77. The van der Waals surface area contributed by atoms with Gasteiger partial charge in [-0.05, 0) is 66.0 Å². The Labute approximate surface area is 221 Å². The number of benzene rings is 1. The fourth-order valence-corrected chi connectivity index (χ4v) is 6.71.